The first-order valence-corrected chi connectivity index (χ1v) is 9.38. The summed E-state index contributed by atoms with van der Waals surface area (Å²) in [7, 11) is 1.67. The Kier molecular flexibility index (Phi) is 5.01. The van der Waals surface area contributed by atoms with Crippen molar-refractivity contribution in [3.05, 3.63) is 71.4 Å². The molecule has 0 aliphatic heterocycles. The molecule has 3 heterocycles. The quantitative estimate of drug-likeness (QED) is 0.367. The molecule has 8 heteroatoms. The number of H-pyrrole nitrogens is 2. The summed E-state index contributed by atoms with van der Waals surface area (Å²) < 4.78 is 13.6. The summed E-state index contributed by atoms with van der Waals surface area (Å²) in [5.74, 6) is -0.683. The molecule has 0 bridgehead atoms. The second-order valence-corrected chi connectivity index (χ2v) is 7.22. The molecular weight excluding hydrogens is 383 g/mol. The van der Waals surface area contributed by atoms with Crippen LogP contribution in [-0.4, -0.2) is 44.7 Å². The first kappa shape index (κ1) is 19.7. The molecule has 2 unspecified atom stereocenters. The van der Waals surface area contributed by atoms with E-state index in [0.717, 1.165) is 16.5 Å². The molecule has 4 N–H and O–H groups in total. The average molecular weight is 404 g/mol. The van der Waals surface area contributed by atoms with Crippen molar-refractivity contribution in [1.82, 2.24) is 20.2 Å². The average Bonchev–Trinajstić information content (AvgIpc) is 3.39. The predicted octanol–water partition coefficient (Wildman–Crippen LogP) is 3.78. The zero-order valence-corrected chi connectivity index (χ0v) is 16.5. The number of rotatable bonds is 6. The minimum absolute atomic E-state index is 0.266. The third-order valence-electron chi connectivity index (χ3n) is 5.19. The zero-order valence-electron chi connectivity index (χ0n) is 16.5. The molecule has 0 saturated carbocycles. The first-order chi connectivity index (χ1) is 14.4. The summed E-state index contributed by atoms with van der Waals surface area (Å²) in [4.78, 5) is 11.6. The van der Waals surface area contributed by atoms with E-state index < -0.39 is 11.4 Å². The lowest BCUT2D eigenvalue weighted by molar-refractivity contribution is 0.0969. The third-order valence-corrected chi connectivity index (χ3v) is 5.19. The van der Waals surface area contributed by atoms with E-state index in [1.807, 2.05) is 6.07 Å². The Hall–Kier alpha value is -3.65. The van der Waals surface area contributed by atoms with E-state index in [1.165, 1.54) is 18.3 Å². The first-order valence-electron chi connectivity index (χ1n) is 9.38. The van der Waals surface area contributed by atoms with Crippen molar-refractivity contribution in [3.63, 3.8) is 0 Å². The molecule has 152 valence electrons. The monoisotopic (exact) mass is 404 g/mol. The van der Waals surface area contributed by atoms with Gasteiger partial charge in [0.15, 0.2) is 0 Å². The molecule has 4 rings (SSSR count). The van der Waals surface area contributed by atoms with Crippen molar-refractivity contribution in [2.75, 3.05) is 7.05 Å². The van der Waals surface area contributed by atoms with Gasteiger partial charge in [-0.25, -0.2) is 9.37 Å². The molecular formula is C22H21FN6O. The summed E-state index contributed by atoms with van der Waals surface area (Å²) in [6, 6.07) is 9.54. The number of pyridine rings is 1. The van der Waals surface area contributed by atoms with Crippen LogP contribution in [0.5, 0.6) is 0 Å². The summed E-state index contributed by atoms with van der Waals surface area (Å²) in [6.07, 6.45) is 6.51. The number of fused-ring (bicyclic) bond motifs is 1. The number of benzene rings is 1. The lowest BCUT2D eigenvalue weighted by atomic mass is 9.92. The molecule has 7 nitrogen and oxygen atoms in total. The fraction of sp³-hybridized carbons (Fsp3) is 0.182. The highest BCUT2D eigenvalue weighted by molar-refractivity contribution is 5.95. The van der Waals surface area contributed by atoms with Gasteiger partial charge in [0, 0.05) is 42.8 Å². The van der Waals surface area contributed by atoms with Crippen molar-refractivity contribution < 1.29 is 9.50 Å². The lowest BCUT2D eigenvalue weighted by Gasteiger charge is -2.22. The van der Waals surface area contributed by atoms with E-state index in [1.54, 1.807) is 50.8 Å². The van der Waals surface area contributed by atoms with Crippen LogP contribution < -0.4 is 0 Å². The number of hydrogen-bond acceptors (Lipinski definition) is 5. The maximum absolute atomic E-state index is 13.6. The van der Waals surface area contributed by atoms with E-state index in [4.69, 9.17) is 5.41 Å². The van der Waals surface area contributed by atoms with Gasteiger partial charge >= 0.3 is 0 Å². The Morgan fingerprint density at radius 3 is 2.87 bits per heavy atom. The number of aliphatic hydroxyl groups is 1. The topological polar surface area (TPSA) is 114 Å². The summed E-state index contributed by atoms with van der Waals surface area (Å²) in [5, 5.41) is 26.7. The van der Waals surface area contributed by atoms with Gasteiger partial charge in [-0.15, -0.1) is 0 Å². The number of nitrogens with one attached hydrogen (secondary N) is 3. The van der Waals surface area contributed by atoms with Crippen LogP contribution in [-0.2, 0) is 5.60 Å². The van der Waals surface area contributed by atoms with Crippen molar-refractivity contribution >= 4 is 23.5 Å². The molecule has 3 aromatic heterocycles. The van der Waals surface area contributed by atoms with Crippen molar-refractivity contribution in [2.24, 2.45) is 4.99 Å². The summed E-state index contributed by atoms with van der Waals surface area (Å²) >= 11 is 0. The van der Waals surface area contributed by atoms with Crippen LogP contribution in [0.1, 0.15) is 29.7 Å². The minimum atomic E-state index is -1.44. The summed E-state index contributed by atoms with van der Waals surface area (Å²) in [5.41, 5.74) is 2.37. The van der Waals surface area contributed by atoms with Gasteiger partial charge in [-0.05, 0) is 42.3 Å². The Labute approximate surface area is 172 Å². The molecule has 4 aromatic rings. The smallest absolute Gasteiger partial charge is 0.137 e. The van der Waals surface area contributed by atoms with Crippen LogP contribution in [0, 0.1) is 11.2 Å². The molecule has 0 saturated heterocycles. The van der Waals surface area contributed by atoms with Gasteiger partial charge in [0.25, 0.3) is 0 Å². The zero-order chi connectivity index (χ0) is 21.3. The normalized spacial score (nSPS) is 14.8. The molecule has 30 heavy (non-hydrogen) atoms. The van der Waals surface area contributed by atoms with E-state index in [2.05, 4.69) is 25.2 Å². The van der Waals surface area contributed by atoms with Crippen LogP contribution in [0.4, 0.5) is 4.39 Å². The lowest BCUT2D eigenvalue weighted by Crippen LogP contribution is -2.23. The molecule has 0 radical (unpaired) electrons. The Bertz CT molecular complexity index is 1240. The fourth-order valence-electron chi connectivity index (χ4n) is 3.46. The standard InChI is InChI=1S/C22H21FN6O/c1-22(30,15-4-3-5-16(23)7-15)20-8-19(28-29-20)18-12-27-21-17(18)6-13(11-26-21)14(9-24)10-25-2/h3-12,14,24,30H,1-2H3,(H,26,27)(H,28,29). The molecule has 0 aliphatic carbocycles. The molecule has 2 atom stereocenters. The maximum Gasteiger partial charge on any atom is 0.137 e. The molecule has 1 aromatic carbocycles. The van der Waals surface area contributed by atoms with Gasteiger partial charge in [-0.3, -0.25) is 10.1 Å². The largest absolute Gasteiger partial charge is 0.379 e. The Morgan fingerprint density at radius 1 is 1.30 bits per heavy atom. The van der Waals surface area contributed by atoms with Gasteiger partial charge in [0.1, 0.15) is 17.1 Å². The second kappa shape index (κ2) is 7.64. The number of aliphatic imine (C=N–C) groups is 1. The van der Waals surface area contributed by atoms with Crippen LogP contribution in [0.3, 0.4) is 0 Å². The van der Waals surface area contributed by atoms with Crippen LogP contribution in [0.15, 0.2) is 53.8 Å². The highest BCUT2D eigenvalue weighted by Crippen LogP contribution is 2.33. The van der Waals surface area contributed by atoms with Crippen molar-refractivity contribution in [1.29, 1.82) is 5.41 Å². The van der Waals surface area contributed by atoms with Gasteiger partial charge in [-0.2, -0.15) is 5.10 Å². The van der Waals surface area contributed by atoms with Crippen molar-refractivity contribution in [3.8, 4) is 11.3 Å². The molecule has 0 spiro atoms. The highest BCUT2D eigenvalue weighted by Gasteiger charge is 2.29. The number of aromatic nitrogens is 4. The second-order valence-electron chi connectivity index (χ2n) is 7.22. The number of aromatic amines is 2. The minimum Gasteiger partial charge on any atom is -0.379 e. The SMILES string of the molecule is CN=CC(C=N)c1cnc2[nH]cc(-c3cc(C(C)(O)c4cccc(F)c4)[nH]n3)c2c1. The van der Waals surface area contributed by atoms with E-state index in [9.17, 15) is 9.50 Å². The van der Waals surface area contributed by atoms with Crippen LogP contribution in [0.2, 0.25) is 0 Å². The van der Waals surface area contributed by atoms with Gasteiger partial charge in [-0.1, -0.05) is 12.1 Å². The number of hydrogen-bond donors (Lipinski definition) is 4. The third kappa shape index (κ3) is 3.42. The van der Waals surface area contributed by atoms with Crippen LogP contribution >= 0.6 is 0 Å². The molecule has 0 fully saturated rings. The van der Waals surface area contributed by atoms with Crippen molar-refractivity contribution in [2.45, 2.75) is 18.4 Å². The van der Waals surface area contributed by atoms with Gasteiger partial charge in [0.2, 0.25) is 0 Å². The van der Waals surface area contributed by atoms with E-state index in [-0.39, 0.29) is 5.92 Å². The van der Waals surface area contributed by atoms with Gasteiger partial charge in [0.05, 0.1) is 17.3 Å². The Morgan fingerprint density at radius 2 is 2.13 bits per heavy atom. The number of nitrogens with zero attached hydrogens (tertiary/aromatic N) is 3. The molecule has 0 amide bonds. The number of halogens is 1. The van der Waals surface area contributed by atoms with Gasteiger partial charge < -0.3 is 15.5 Å². The van der Waals surface area contributed by atoms with Crippen LogP contribution in [0.25, 0.3) is 22.3 Å². The Balaban J connectivity index is 1.75. The predicted molar refractivity (Wildman–Crippen MR) is 115 cm³/mol. The highest BCUT2D eigenvalue weighted by atomic mass is 19.1. The summed E-state index contributed by atoms with van der Waals surface area (Å²) in [6.45, 7) is 1.59. The van der Waals surface area contributed by atoms with E-state index >= 15 is 0 Å². The fourth-order valence-corrected chi connectivity index (χ4v) is 3.46. The molecule has 0 aliphatic rings. The van der Waals surface area contributed by atoms with E-state index in [0.29, 0.717) is 22.6 Å². The maximum atomic E-state index is 13.6.